The van der Waals surface area contributed by atoms with Crippen molar-refractivity contribution in [1.29, 1.82) is 5.26 Å². The van der Waals surface area contributed by atoms with Crippen molar-refractivity contribution in [3.8, 4) is 6.07 Å². The molecule has 96 valence electrons. The average Bonchev–Trinajstić information content (AvgIpc) is 2.41. The lowest BCUT2D eigenvalue weighted by Gasteiger charge is -2.28. The fourth-order valence-corrected chi connectivity index (χ4v) is 3.19. The van der Waals surface area contributed by atoms with Crippen LogP contribution >= 0.6 is 0 Å². The summed E-state index contributed by atoms with van der Waals surface area (Å²) in [5, 5.41) is 8.67. The van der Waals surface area contributed by atoms with Crippen LogP contribution in [-0.4, -0.2) is 0 Å². The lowest BCUT2D eigenvalue weighted by Crippen LogP contribution is -2.13. The van der Waals surface area contributed by atoms with Gasteiger partial charge in [-0.15, -0.1) is 0 Å². The van der Waals surface area contributed by atoms with Crippen molar-refractivity contribution in [1.82, 2.24) is 0 Å². The van der Waals surface area contributed by atoms with Crippen LogP contribution in [0.4, 0.5) is 0 Å². The van der Waals surface area contributed by atoms with E-state index in [9.17, 15) is 0 Å². The van der Waals surface area contributed by atoms with E-state index in [1.807, 2.05) is 0 Å². The third kappa shape index (κ3) is 3.35. The first kappa shape index (κ1) is 13.1. The fraction of sp³-hybridized carbons (Fsp3) is 0.588. The summed E-state index contributed by atoms with van der Waals surface area (Å²) in [6, 6.07) is 10.9. The molecule has 0 radical (unpaired) electrons. The summed E-state index contributed by atoms with van der Waals surface area (Å²) < 4.78 is 0. The maximum Gasteiger partial charge on any atom is 0.0669 e. The standard InChI is InChI=1S/C17H23N/c1-2-3-14-4-8-16(9-5-14)17-10-6-15(7-11-17)12-13-18/h6-7,10-11,14,16H,2-5,8-9,12H2,1H3/t14-,16-. The van der Waals surface area contributed by atoms with Crippen molar-refractivity contribution >= 4 is 0 Å². The Kier molecular flexibility index (Phi) is 4.81. The molecule has 1 aliphatic carbocycles. The second kappa shape index (κ2) is 6.59. The monoisotopic (exact) mass is 241 g/mol. The average molecular weight is 241 g/mol. The van der Waals surface area contributed by atoms with Gasteiger partial charge in [-0.1, -0.05) is 44.0 Å². The molecule has 0 amide bonds. The highest BCUT2D eigenvalue weighted by molar-refractivity contribution is 5.27. The van der Waals surface area contributed by atoms with Gasteiger partial charge in [-0.3, -0.25) is 0 Å². The van der Waals surface area contributed by atoms with Crippen LogP contribution < -0.4 is 0 Å². The van der Waals surface area contributed by atoms with E-state index in [2.05, 4.69) is 37.3 Å². The van der Waals surface area contributed by atoms with Crippen molar-refractivity contribution in [2.45, 2.75) is 57.8 Å². The quantitative estimate of drug-likeness (QED) is 0.741. The zero-order chi connectivity index (χ0) is 12.8. The summed E-state index contributed by atoms with van der Waals surface area (Å²) in [5.41, 5.74) is 2.62. The van der Waals surface area contributed by atoms with Crippen LogP contribution in [0.3, 0.4) is 0 Å². The molecule has 2 rings (SSSR count). The molecule has 1 heteroatoms. The van der Waals surface area contributed by atoms with Crippen molar-refractivity contribution in [3.05, 3.63) is 35.4 Å². The van der Waals surface area contributed by atoms with Gasteiger partial charge in [-0.2, -0.15) is 5.26 Å². The highest BCUT2D eigenvalue weighted by Gasteiger charge is 2.21. The molecule has 0 saturated heterocycles. The SMILES string of the molecule is CCC[C@H]1CC[C@H](c2ccc(CC#N)cc2)CC1. The molecule has 1 aromatic carbocycles. The Morgan fingerprint density at radius 3 is 2.33 bits per heavy atom. The van der Waals surface area contributed by atoms with Crippen molar-refractivity contribution in [2.75, 3.05) is 0 Å². The smallest absolute Gasteiger partial charge is 0.0669 e. The maximum absolute atomic E-state index is 8.67. The summed E-state index contributed by atoms with van der Waals surface area (Å²) in [6.45, 7) is 2.29. The first-order valence-corrected chi connectivity index (χ1v) is 7.29. The number of hydrogen-bond acceptors (Lipinski definition) is 1. The Morgan fingerprint density at radius 2 is 1.78 bits per heavy atom. The van der Waals surface area contributed by atoms with Gasteiger partial charge in [0.25, 0.3) is 0 Å². The number of hydrogen-bond donors (Lipinski definition) is 0. The molecule has 1 nitrogen and oxygen atoms in total. The van der Waals surface area contributed by atoms with Gasteiger partial charge in [0.05, 0.1) is 12.5 Å². The molecule has 1 aromatic rings. The minimum atomic E-state index is 0.531. The highest BCUT2D eigenvalue weighted by atomic mass is 14.3. The van der Waals surface area contributed by atoms with E-state index in [0.29, 0.717) is 6.42 Å². The van der Waals surface area contributed by atoms with Crippen molar-refractivity contribution in [2.24, 2.45) is 5.92 Å². The van der Waals surface area contributed by atoms with Gasteiger partial charge < -0.3 is 0 Å². The lowest BCUT2D eigenvalue weighted by atomic mass is 9.77. The molecule has 18 heavy (non-hydrogen) atoms. The molecular formula is C17H23N. The van der Waals surface area contributed by atoms with Crippen LogP contribution in [0.1, 0.15) is 62.5 Å². The highest BCUT2D eigenvalue weighted by Crippen LogP contribution is 2.37. The molecule has 0 heterocycles. The summed E-state index contributed by atoms with van der Waals surface area (Å²) in [7, 11) is 0. The van der Waals surface area contributed by atoms with Crippen LogP contribution in [0, 0.1) is 17.2 Å². The largest absolute Gasteiger partial charge is 0.198 e. The summed E-state index contributed by atoms with van der Waals surface area (Å²) in [5.74, 6) is 1.73. The number of rotatable bonds is 4. The van der Waals surface area contributed by atoms with Gasteiger partial charge in [0, 0.05) is 0 Å². The fourth-order valence-electron chi connectivity index (χ4n) is 3.19. The van der Waals surface area contributed by atoms with Crippen LogP contribution in [0.15, 0.2) is 24.3 Å². The second-order valence-electron chi connectivity index (χ2n) is 5.58. The number of nitrogens with zero attached hydrogens (tertiary/aromatic N) is 1. The van der Waals surface area contributed by atoms with E-state index in [1.165, 1.54) is 44.1 Å². The van der Waals surface area contributed by atoms with Gasteiger partial charge >= 0.3 is 0 Å². The Labute approximate surface area is 111 Å². The van der Waals surface area contributed by atoms with E-state index in [0.717, 1.165) is 17.4 Å². The molecule has 0 spiro atoms. The minimum absolute atomic E-state index is 0.531. The summed E-state index contributed by atoms with van der Waals surface area (Å²) >= 11 is 0. The topological polar surface area (TPSA) is 23.8 Å². The third-order valence-corrected chi connectivity index (χ3v) is 4.28. The minimum Gasteiger partial charge on any atom is -0.198 e. The van der Waals surface area contributed by atoms with Gasteiger partial charge in [0.1, 0.15) is 0 Å². The third-order valence-electron chi connectivity index (χ3n) is 4.28. The first-order chi connectivity index (χ1) is 8.83. The van der Waals surface area contributed by atoms with Gasteiger partial charge in [-0.05, 0) is 48.6 Å². The Hall–Kier alpha value is -1.29. The summed E-state index contributed by atoms with van der Waals surface area (Å²) in [4.78, 5) is 0. The lowest BCUT2D eigenvalue weighted by molar-refractivity contribution is 0.308. The van der Waals surface area contributed by atoms with Gasteiger partial charge in [0.2, 0.25) is 0 Å². The summed E-state index contributed by atoms with van der Waals surface area (Å²) in [6.07, 6.45) is 8.77. The number of nitriles is 1. The van der Waals surface area contributed by atoms with E-state index in [4.69, 9.17) is 5.26 Å². The van der Waals surface area contributed by atoms with Gasteiger partial charge in [-0.25, -0.2) is 0 Å². The molecule has 0 unspecified atom stereocenters. The second-order valence-corrected chi connectivity index (χ2v) is 5.58. The Balaban J connectivity index is 1.91. The zero-order valence-corrected chi connectivity index (χ0v) is 11.4. The molecule has 0 N–H and O–H groups in total. The predicted molar refractivity (Wildman–Crippen MR) is 75.4 cm³/mol. The van der Waals surface area contributed by atoms with E-state index < -0.39 is 0 Å². The molecular weight excluding hydrogens is 218 g/mol. The molecule has 0 aliphatic heterocycles. The van der Waals surface area contributed by atoms with Crippen molar-refractivity contribution in [3.63, 3.8) is 0 Å². The van der Waals surface area contributed by atoms with Crippen LogP contribution in [-0.2, 0) is 6.42 Å². The normalized spacial score (nSPS) is 23.6. The Bertz CT molecular complexity index is 391. The maximum atomic E-state index is 8.67. The van der Waals surface area contributed by atoms with E-state index >= 15 is 0 Å². The van der Waals surface area contributed by atoms with Gasteiger partial charge in [0.15, 0.2) is 0 Å². The molecule has 0 atom stereocenters. The molecule has 0 aromatic heterocycles. The molecule has 1 fully saturated rings. The van der Waals surface area contributed by atoms with E-state index in [-0.39, 0.29) is 0 Å². The van der Waals surface area contributed by atoms with Crippen LogP contribution in [0.2, 0.25) is 0 Å². The molecule has 0 bridgehead atoms. The predicted octanol–water partition coefficient (Wildman–Crippen LogP) is 4.83. The number of benzene rings is 1. The van der Waals surface area contributed by atoms with Crippen molar-refractivity contribution < 1.29 is 0 Å². The van der Waals surface area contributed by atoms with Crippen LogP contribution in [0.25, 0.3) is 0 Å². The molecule has 1 saturated carbocycles. The first-order valence-electron chi connectivity index (χ1n) is 7.29. The Morgan fingerprint density at radius 1 is 1.11 bits per heavy atom. The van der Waals surface area contributed by atoms with Crippen LogP contribution in [0.5, 0.6) is 0 Å². The van der Waals surface area contributed by atoms with E-state index in [1.54, 1.807) is 0 Å². The molecule has 1 aliphatic rings. The zero-order valence-electron chi connectivity index (χ0n) is 11.4.